The molecule has 1 atom stereocenters. The molecule has 1 heteroatoms. The quantitative estimate of drug-likeness (QED) is 0.537. The fourth-order valence-corrected chi connectivity index (χ4v) is 1.36. The van der Waals surface area contributed by atoms with Gasteiger partial charge in [0, 0.05) is 0 Å². The first-order chi connectivity index (χ1) is 3.98. The van der Waals surface area contributed by atoms with Crippen molar-refractivity contribution in [3.63, 3.8) is 0 Å². The Balaban J connectivity index is 3.58. The van der Waals surface area contributed by atoms with Crippen LogP contribution in [0.3, 0.4) is 0 Å². The van der Waals surface area contributed by atoms with Gasteiger partial charge in [0.05, 0.1) is 0 Å². The topological polar surface area (TPSA) is 0 Å². The third kappa shape index (κ3) is 4.90. The Bertz CT molecular complexity index is 74.6. The monoisotopic (exact) mass is 146 g/mol. The highest BCUT2D eigenvalue weighted by atomic mass is 31.0. The van der Waals surface area contributed by atoms with Crippen molar-refractivity contribution in [3.05, 3.63) is 0 Å². The molecule has 0 aliphatic rings. The summed E-state index contributed by atoms with van der Waals surface area (Å²) in [7, 11) is 2.81. The molecule has 0 nitrogen and oxygen atoms in total. The standard InChI is InChI=1S/C8H19P/c1-7(2)5-8(3,4)6-9/h7H,5-6,9H2,1-4H3. The van der Waals surface area contributed by atoms with Crippen LogP contribution in [0, 0.1) is 11.3 Å². The summed E-state index contributed by atoms with van der Waals surface area (Å²) in [5.41, 5.74) is 0.527. The van der Waals surface area contributed by atoms with Crippen LogP contribution >= 0.6 is 9.24 Å². The van der Waals surface area contributed by atoms with Gasteiger partial charge in [-0.05, 0) is 23.9 Å². The molecule has 0 aromatic heterocycles. The van der Waals surface area contributed by atoms with Gasteiger partial charge < -0.3 is 0 Å². The molecule has 0 N–H and O–H groups in total. The van der Waals surface area contributed by atoms with Crippen LogP contribution in [0.1, 0.15) is 34.1 Å². The Kier molecular flexibility index (Phi) is 3.73. The van der Waals surface area contributed by atoms with Crippen molar-refractivity contribution >= 4 is 9.24 Å². The van der Waals surface area contributed by atoms with Crippen molar-refractivity contribution < 1.29 is 0 Å². The van der Waals surface area contributed by atoms with E-state index in [0.29, 0.717) is 5.41 Å². The minimum atomic E-state index is 0.527. The maximum atomic E-state index is 2.81. The van der Waals surface area contributed by atoms with Crippen LogP contribution in [-0.4, -0.2) is 6.16 Å². The zero-order chi connectivity index (χ0) is 7.49. The summed E-state index contributed by atoms with van der Waals surface area (Å²) in [6.07, 6.45) is 2.54. The highest BCUT2D eigenvalue weighted by molar-refractivity contribution is 7.16. The lowest BCUT2D eigenvalue weighted by Crippen LogP contribution is -2.15. The largest absolute Gasteiger partial charge is 0.137 e. The second-order valence-corrected chi connectivity index (χ2v) is 4.37. The molecular weight excluding hydrogens is 127 g/mol. The lowest BCUT2D eigenvalue weighted by Gasteiger charge is -2.24. The van der Waals surface area contributed by atoms with E-state index in [1.807, 2.05) is 0 Å². The molecule has 0 amide bonds. The fraction of sp³-hybridized carbons (Fsp3) is 1.00. The lowest BCUT2D eigenvalue weighted by molar-refractivity contribution is 0.328. The zero-order valence-electron chi connectivity index (χ0n) is 7.07. The van der Waals surface area contributed by atoms with E-state index in [1.54, 1.807) is 0 Å². The number of hydrogen-bond donors (Lipinski definition) is 0. The molecule has 0 aliphatic carbocycles. The zero-order valence-corrected chi connectivity index (χ0v) is 8.22. The Morgan fingerprint density at radius 2 is 1.78 bits per heavy atom. The highest BCUT2D eigenvalue weighted by Gasteiger charge is 2.15. The average molecular weight is 146 g/mol. The van der Waals surface area contributed by atoms with Gasteiger partial charge in [0.15, 0.2) is 0 Å². The minimum Gasteiger partial charge on any atom is -0.137 e. The van der Waals surface area contributed by atoms with E-state index in [9.17, 15) is 0 Å². The van der Waals surface area contributed by atoms with E-state index in [0.717, 1.165) is 5.92 Å². The van der Waals surface area contributed by atoms with E-state index in [-0.39, 0.29) is 0 Å². The third-order valence-electron chi connectivity index (χ3n) is 1.51. The highest BCUT2D eigenvalue weighted by Crippen LogP contribution is 2.26. The molecule has 56 valence electrons. The van der Waals surface area contributed by atoms with Crippen LogP contribution < -0.4 is 0 Å². The number of rotatable bonds is 3. The molecule has 0 radical (unpaired) electrons. The van der Waals surface area contributed by atoms with Crippen molar-refractivity contribution in [2.45, 2.75) is 34.1 Å². The summed E-state index contributed by atoms with van der Waals surface area (Å²) in [6, 6.07) is 0. The summed E-state index contributed by atoms with van der Waals surface area (Å²) in [5, 5.41) is 0. The van der Waals surface area contributed by atoms with Crippen molar-refractivity contribution in [1.82, 2.24) is 0 Å². The van der Waals surface area contributed by atoms with Gasteiger partial charge >= 0.3 is 0 Å². The van der Waals surface area contributed by atoms with Crippen LogP contribution in [0.5, 0.6) is 0 Å². The van der Waals surface area contributed by atoms with E-state index < -0.39 is 0 Å². The Labute approximate surface area is 61.6 Å². The fourth-order valence-electron chi connectivity index (χ4n) is 1.19. The van der Waals surface area contributed by atoms with Gasteiger partial charge in [0.2, 0.25) is 0 Å². The molecule has 0 spiro atoms. The van der Waals surface area contributed by atoms with Gasteiger partial charge in [0.1, 0.15) is 0 Å². The lowest BCUT2D eigenvalue weighted by atomic mass is 9.86. The first-order valence-corrected chi connectivity index (χ1v) is 4.49. The number of hydrogen-bond acceptors (Lipinski definition) is 0. The van der Waals surface area contributed by atoms with Gasteiger partial charge in [-0.25, -0.2) is 0 Å². The Hall–Kier alpha value is 0.430. The molecular formula is C8H19P. The minimum absolute atomic E-state index is 0.527. The molecule has 0 bridgehead atoms. The molecule has 1 unspecified atom stereocenters. The van der Waals surface area contributed by atoms with Crippen molar-refractivity contribution in [3.8, 4) is 0 Å². The third-order valence-corrected chi connectivity index (χ3v) is 2.62. The average Bonchev–Trinajstić information content (AvgIpc) is 1.63. The molecule has 9 heavy (non-hydrogen) atoms. The van der Waals surface area contributed by atoms with Crippen molar-refractivity contribution in [2.75, 3.05) is 6.16 Å². The van der Waals surface area contributed by atoms with Gasteiger partial charge in [-0.3, -0.25) is 0 Å². The van der Waals surface area contributed by atoms with Crippen LogP contribution in [-0.2, 0) is 0 Å². The SMILES string of the molecule is CC(C)CC(C)(C)CP. The predicted octanol–water partition coefficient (Wildman–Crippen LogP) is 2.93. The van der Waals surface area contributed by atoms with E-state index in [1.165, 1.54) is 12.6 Å². The van der Waals surface area contributed by atoms with Crippen LogP contribution in [0.2, 0.25) is 0 Å². The Morgan fingerprint density at radius 1 is 1.33 bits per heavy atom. The van der Waals surface area contributed by atoms with Gasteiger partial charge in [0.25, 0.3) is 0 Å². The summed E-state index contributed by atoms with van der Waals surface area (Å²) in [6.45, 7) is 9.20. The summed E-state index contributed by atoms with van der Waals surface area (Å²) >= 11 is 0. The molecule has 0 aromatic carbocycles. The molecule has 0 saturated carbocycles. The molecule has 0 heterocycles. The second-order valence-electron chi connectivity index (χ2n) is 3.97. The molecule has 0 aliphatic heterocycles. The summed E-state index contributed by atoms with van der Waals surface area (Å²) in [5.74, 6) is 0.834. The second kappa shape index (κ2) is 3.56. The first kappa shape index (κ1) is 9.43. The summed E-state index contributed by atoms with van der Waals surface area (Å²) in [4.78, 5) is 0. The maximum Gasteiger partial charge on any atom is -0.0317 e. The van der Waals surface area contributed by atoms with E-state index in [4.69, 9.17) is 0 Å². The Morgan fingerprint density at radius 3 is 1.89 bits per heavy atom. The molecule has 0 aromatic rings. The maximum absolute atomic E-state index is 2.81. The van der Waals surface area contributed by atoms with Crippen LogP contribution in [0.15, 0.2) is 0 Å². The normalized spacial score (nSPS) is 12.7. The molecule has 0 fully saturated rings. The van der Waals surface area contributed by atoms with Crippen LogP contribution in [0.25, 0.3) is 0 Å². The van der Waals surface area contributed by atoms with Gasteiger partial charge in [-0.1, -0.05) is 27.7 Å². The van der Waals surface area contributed by atoms with Gasteiger partial charge in [-0.15, -0.1) is 9.24 Å². The predicted molar refractivity (Wildman–Crippen MR) is 47.8 cm³/mol. The first-order valence-electron chi connectivity index (χ1n) is 3.68. The van der Waals surface area contributed by atoms with E-state index in [2.05, 4.69) is 36.9 Å². The molecule has 0 saturated heterocycles. The summed E-state index contributed by atoms with van der Waals surface area (Å²) < 4.78 is 0. The van der Waals surface area contributed by atoms with Crippen LogP contribution in [0.4, 0.5) is 0 Å². The smallest absolute Gasteiger partial charge is 0.0317 e. The van der Waals surface area contributed by atoms with Crippen molar-refractivity contribution in [1.29, 1.82) is 0 Å². The van der Waals surface area contributed by atoms with Gasteiger partial charge in [-0.2, -0.15) is 0 Å². The molecule has 0 rings (SSSR count). The van der Waals surface area contributed by atoms with E-state index >= 15 is 0 Å². The van der Waals surface area contributed by atoms with Crippen molar-refractivity contribution in [2.24, 2.45) is 11.3 Å².